The molecule has 0 amide bonds. The van der Waals surface area contributed by atoms with E-state index in [-0.39, 0.29) is 5.69 Å². The first-order valence-electron chi connectivity index (χ1n) is 7.35. The maximum Gasteiger partial charge on any atom is 0.418 e. The van der Waals surface area contributed by atoms with E-state index in [1.165, 1.54) is 17.8 Å². The number of hydrogen-bond donors (Lipinski definition) is 1. The van der Waals surface area contributed by atoms with E-state index < -0.39 is 11.7 Å². The molecule has 0 atom stereocenters. The smallest absolute Gasteiger partial charge is 0.378 e. The lowest BCUT2D eigenvalue weighted by Crippen LogP contribution is -2.16. The number of alkyl halides is 3. The Bertz CT molecular complexity index is 785. The molecule has 0 aliphatic carbocycles. The summed E-state index contributed by atoms with van der Waals surface area (Å²) in [5.41, 5.74) is 1.72. The van der Waals surface area contributed by atoms with Crippen molar-refractivity contribution < 1.29 is 13.2 Å². The highest BCUT2D eigenvalue weighted by Gasteiger charge is 2.37. The third-order valence-corrected chi connectivity index (χ3v) is 4.97. The molecule has 1 aliphatic rings. The summed E-state index contributed by atoms with van der Waals surface area (Å²) in [4.78, 5) is 5.14. The fourth-order valence-corrected chi connectivity index (χ4v) is 3.61. The molecule has 7 heteroatoms. The fourth-order valence-electron chi connectivity index (χ4n) is 2.52. The Hall–Kier alpha value is -2.02. The van der Waals surface area contributed by atoms with Crippen molar-refractivity contribution >= 4 is 34.5 Å². The van der Waals surface area contributed by atoms with Gasteiger partial charge < -0.3 is 15.1 Å². The van der Waals surface area contributed by atoms with Crippen molar-refractivity contribution in [2.75, 3.05) is 43.3 Å². The number of fused-ring (bicyclic) bond motifs is 2. The van der Waals surface area contributed by atoms with Gasteiger partial charge in [-0.25, -0.2) is 0 Å². The molecule has 0 bridgehead atoms. The Morgan fingerprint density at radius 1 is 0.875 bits per heavy atom. The van der Waals surface area contributed by atoms with Gasteiger partial charge in [-0.3, -0.25) is 0 Å². The molecule has 0 radical (unpaired) electrons. The summed E-state index contributed by atoms with van der Waals surface area (Å²) >= 11 is 1.36. The molecule has 0 spiro atoms. The Balaban J connectivity index is 2.13. The lowest BCUT2D eigenvalue weighted by atomic mass is 10.1. The van der Waals surface area contributed by atoms with Crippen LogP contribution in [-0.2, 0) is 6.18 Å². The van der Waals surface area contributed by atoms with Crippen LogP contribution >= 0.6 is 11.8 Å². The molecule has 2 aromatic carbocycles. The average Bonchev–Trinajstić information content (AvgIpc) is 2.50. The first-order valence-corrected chi connectivity index (χ1v) is 8.17. The van der Waals surface area contributed by atoms with Gasteiger partial charge in [-0.1, -0.05) is 11.8 Å². The third-order valence-electron chi connectivity index (χ3n) is 3.87. The zero-order valence-electron chi connectivity index (χ0n) is 13.8. The van der Waals surface area contributed by atoms with Crippen molar-refractivity contribution in [2.24, 2.45) is 0 Å². The molecule has 1 heterocycles. The molecule has 0 saturated carbocycles. The normalized spacial score (nSPS) is 13.0. The van der Waals surface area contributed by atoms with Gasteiger partial charge in [0.1, 0.15) is 0 Å². The molecule has 3 rings (SSSR count). The van der Waals surface area contributed by atoms with Crippen molar-refractivity contribution in [3.05, 3.63) is 35.9 Å². The summed E-state index contributed by atoms with van der Waals surface area (Å²) < 4.78 is 40.5. The Labute approximate surface area is 143 Å². The molecule has 128 valence electrons. The minimum absolute atomic E-state index is 0.128. The van der Waals surface area contributed by atoms with Gasteiger partial charge >= 0.3 is 6.18 Å². The van der Waals surface area contributed by atoms with Crippen LogP contribution in [0.2, 0.25) is 0 Å². The van der Waals surface area contributed by atoms with Gasteiger partial charge in [-0.2, -0.15) is 13.2 Å². The zero-order valence-corrected chi connectivity index (χ0v) is 14.6. The summed E-state index contributed by atoms with van der Waals surface area (Å²) in [6.45, 7) is 0. The van der Waals surface area contributed by atoms with Crippen molar-refractivity contribution in [1.29, 1.82) is 0 Å². The average molecular weight is 353 g/mol. The number of benzene rings is 2. The standard InChI is InChI=1S/C17H18F3N3S/c1-22(2)10-5-6-13-14(8-10)24-15-9-11(23(3)4)7-12(16(15)21-13)17(18,19)20/h5-9,21H,1-4H3. The lowest BCUT2D eigenvalue weighted by Gasteiger charge is -2.27. The summed E-state index contributed by atoms with van der Waals surface area (Å²) in [6, 6.07) is 8.66. The molecule has 1 aliphatic heterocycles. The maximum atomic E-state index is 13.5. The van der Waals surface area contributed by atoms with Gasteiger partial charge in [0.15, 0.2) is 0 Å². The molecule has 0 unspecified atom stereocenters. The quantitative estimate of drug-likeness (QED) is 0.695. The van der Waals surface area contributed by atoms with Crippen LogP contribution < -0.4 is 15.1 Å². The van der Waals surface area contributed by atoms with E-state index in [0.717, 1.165) is 10.6 Å². The van der Waals surface area contributed by atoms with Crippen LogP contribution in [0.4, 0.5) is 35.9 Å². The number of halogens is 3. The van der Waals surface area contributed by atoms with Crippen LogP contribution in [0.5, 0.6) is 0 Å². The summed E-state index contributed by atoms with van der Waals surface area (Å²) in [5.74, 6) is 0. The van der Waals surface area contributed by atoms with E-state index in [2.05, 4.69) is 5.32 Å². The van der Waals surface area contributed by atoms with Gasteiger partial charge in [0, 0.05) is 49.4 Å². The highest BCUT2D eigenvalue weighted by Crippen LogP contribution is 2.51. The van der Waals surface area contributed by atoms with Gasteiger partial charge in [0.2, 0.25) is 0 Å². The molecule has 0 fully saturated rings. The van der Waals surface area contributed by atoms with E-state index >= 15 is 0 Å². The highest BCUT2D eigenvalue weighted by molar-refractivity contribution is 7.99. The van der Waals surface area contributed by atoms with Crippen molar-refractivity contribution in [2.45, 2.75) is 16.0 Å². The monoisotopic (exact) mass is 353 g/mol. The van der Waals surface area contributed by atoms with Crippen LogP contribution in [0.15, 0.2) is 40.1 Å². The van der Waals surface area contributed by atoms with Crippen LogP contribution in [0.25, 0.3) is 0 Å². The van der Waals surface area contributed by atoms with E-state index in [0.29, 0.717) is 16.3 Å². The highest BCUT2D eigenvalue weighted by atomic mass is 32.2. The summed E-state index contributed by atoms with van der Waals surface area (Å²) in [7, 11) is 7.34. The minimum atomic E-state index is -4.41. The Morgan fingerprint density at radius 2 is 1.50 bits per heavy atom. The molecular formula is C17H18F3N3S. The second-order valence-corrected chi connectivity index (χ2v) is 7.14. The number of anilines is 4. The molecular weight excluding hydrogens is 335 g/mol. The molecule has 0 aromatic heterocycles. The predicted octanol–water partition coefficient (Wildman–Crippen LogP) is 5.05. The third kappa shape index (κ3) is 3.00. The van der Waals surface area contributed by atoms with E-state index in [4.69, 9.17) is 0 Å². The van der Waals surface area contributed by atoms with Crippen molar-refractivity contribution in [3.63, 3.8) is 0 Å². The van der Waals surface area contributed by atoms with Gasteiger partial charge in [0.25, 0.3) is 0 Å². The van der Waals surface area contributed by atoms with Crippen LogP contribution in [0.1, 0.15) is 5.56 Å². The summed E-state index contributed by atoms with van der Waals surface area (Å²) in [6.07, 6.45) is -4.41. The topological polar surface area (TPSA) is 18.5 Å². The number of hydrogen-bond acceptors (Lipinski definition) is 4. The first kappa shape index (κ1) is 16.8. The lowest BCUT2D eigenvalue weighted by molar-refractivity contribution is -0.137. The number of nitrogens with zero attached hydrogens (tertiary/aromatic N) is 2. The largest absolute Gasteiger partial charge is 0.418 e. The van der Waals surface area contributed by atoms with Crippen LogP contribution in [0, 0.1) is 0 Å². The second-order valence-electron chi connectivity index (χ2n) is 6.06. The molecule has 24 heavy (non-hydrogen) atoms. The van der Waals surface area contributed by atoms with E-state index in [1.807, 2.05) is 37.2 Å². The maximum absolute atomic E-state index is 13.5. The van der Waals surface area contributed by atoms with Crippen molar-refractivity contribution in [3.8, 4) is 0 Å². The van der Waals surface area contributed by atoms with Gasteiger partial charge in [-0.15, -0.1) is 0 Å². The first-order chi connectivity index (χ1) is 11.2. The van der Waals surface area contributed by atoms with E-state index in [1.54, 1.807) is 25.1 Å². The zero-order chi connectivity index (χ0) is 17.6. The molecule has 3 nitrogen and oxygen atoms in total. The Morgan fingerprint density at radius 3 is 2.08 bits per heavy atom. The van der Waals surface area contributed by atoms with Gasteiger partial charge in [0.05, 0.1) is 16.9 Å². The summed E-state index contributed by atoms with van der Waals surface area (Å²) in [5, 5.41) is 2.97. The number of rotatable bonds is 2. The predicted molar refractivity (Wildman–Crippen MR) is 93.9 cm³/mol. The molecule has 1 N–H and O–H groups in total. The molecule has 0 saturated heterocycles. The van der Waals surface area contributed by atoms with Crippen molar-refractivity contribution in [1.82, 2.24) is 0 Å². The Kier molecular flexibility index (Phi) is 4.07. The van der Waals surface area contributed by atoms with Gasteiger partial charge in [-0.05, 0) is 30.3 Å². The van der Waals surface area contributed by atoms with E-state index in [9.17, 15) is 13.2 Å². The molecule has 2 aromatic rings. The number of nitrogens with one attached hydrogen (secondary N) is 1. The fraction of sp³-hybridized carbons (Fsp3) is 0.294. The SMILES string of the molecule is CN(C)c1ccc2c(c1)Sc1cc(N(C)C)cc(C(F)(F)F)c1N2. The minimum Gasteiger partial charge on any atom is -0.378 e. The van der Waals surface area contributed by atoms with Crippen LogP contribution in [0.3, 0.4) is 0 Å². The second kappa shape index (κ2) is 5.81. The van der Waals surface area contributed by atoms with Crippen LogP contribution in [-0.4, -0.2) is 28.2 Å².